The summed E-state index contributed by atoms with van der Waals surface area (Å²) in [6.07, 6.45) is -4.82. The predicted molar refractivity (Wildman–Crippen MR) is 59.8 cm³/mol. The van der Waals surface area contributed by atoms with E-state index in [1.54, 1.807) is 0 Å². The van der Waals surface area contributed by atoms with E-state index in [2.05, 4.69) is 4.74 Å². The largest absolute Gasteiger partial charge is 0.428 e. The Labute approximate surface area is 129 Å². The highest BCUT2D eigenvalue weighted by Crippen LogP contribution is 2.64. The van der Waals surface area contributed by atoms with Crippen LogP contribution in [0.15, 0.2) is 0 Å². The van der Waals surface area contributed by atoms with Gasteiger partial charge in [0.2, 0.25) is 0 Å². The molecule has 0 radical (unpaired) electrons. The quantitative estimate of drug-likeness (QED) is 0.693. The topological polar surface area (TPSA) is 29.5 Å². The highest BCUT2D eigenvalue weighted by Gasteiger charge is 2.96. The van der Waals surface area contributed by atoms with E-state index in [9.17, 15) is 44.3 Å². The van der Waals surface area contributed by atoms with Crippen molar-refractivity contribution in [1.29, 1.82) is 0 Å². The van der Waals surface area contributed by atoms with Crippen molar-refractivity contribution >= 4 is 5.91 Å². The van der Waals surface area contributed by atoms with E-state index in [4.69, 9.17) is 0 Å². The second-order valence-corrected chi connectivity index (χ2v) is 5.64. The molecule has 0 N–H and O–H groups in total. The van der Waals surface area contributed by atoms with Gasteiger partial charge < -0.3 is 4.90 Å². The summed E-state index contributed by atoms with van der Waals surface area (Å²) >= 11 is 0. The number of rotatable bonds is 2. The normalized spacial score (nSPS) is 32.5. The average molecular weight is 373 g/mol. The smallest absolute Gasteiger partial charge is 0.337 e. The SMILES string of the molecule is O=C(N1CCCCCC1)C(F)(F)[C@]1(F)OC(F)(F)C(F)(F)C1(F)F. The Balaban J connectivity index is 2.41. The van der Waals surface area contributed by atoms with Gasteiger partial charge in [0.1, 0.15) is 0 Å². The van der Waals surface area contributed by atoms with Crippen LogP contribution in [0.2, 0.25) is 0 Å². The van der Waals surface area contributed by atoms with Crippen molar-refractivity contribution in [3.8, 4) is 0 Å². The van der Waals surface area contributed by atoms with Gasteiger partial charge in [-0.25, -0.2) is 0 Å². The molecule has 0 aliphatic carbocycles. The number of alkyl halides is 9. The van der Waals surface area contributed by atoms with Crippen LogP contribution in [0.25, 0.3) is 0 Å². The molecule has 140 valence electrons. The van der Waals surface area contributed by atoms with Crippen molar-refractivity contribution in [1.82, 2.24) is 4.90 Å². The van der Waals surface area contributed by atoms with Crippen molar-refractivity contribution in [2.45, 2.75) is 55.4 Å². The first-order valence-corrected chi connectivity index (χ1v) is 6.92. The molecule has 3 nitrogen and oxygen atoms in total. The summed E-state index contributed by atoms with van der Waals surface area (Å²) in [5.41, 5.74) is 0. The number of halogens is 9. The molecule has 0 aromatic carbocycles. The van der Waals surface area contributed by atoms with E-state index in [0.29, 0.717) is 12.8 Å². The van der Waals surface area contributed by atoms with Crippen LogP contribution in [0.1, 0.15) is 25.7 Å². The molecule has 1 atom stereocenters. The van der Waals surface area contributed by atoms with Crippen molar-refractivity contribution < 1.29 is 49.0 Å². The number of hydrogen-bond donors (Lipinski definition) is 0. The Kier molecular flexibility index (Phi) is 4.30. The van der Waals surface area contributed by atoms with Crippen LogP contribution >= 0.6 is 0 Å². The molecule has 0 bridgehead atoms. The Morgan fingerprint density at radius 1 is 0.833 bits per heavy atom. The van der Waals surface area contributed by atoms with Gasteiger partial charge in [0.25, 0.3) is 5.91 Å². The summed E-state index contributed by atoms with van der Waals surface area (Å²) in [4.78, 5) is 12.0. The summed E-state index contributed by atoms with van der Waals surface area (Å²) in [6.45, 7) is -0.744. The molecule has 1 amide bonds. The standard InChI is InChI=1S/C12H12F9NO2/c13-8(14,7(23)22-5-3-1-2-4-6-22)11(19)9(15,16)10(17,18)12(20,21)24-11/h1-6H2/t11-/m0/s1. The summed E-state index contributed by atoms with van der Waals surface area (Å²) in [6, 6.07) is 0. The molecule has 24 heavy (non-hydrogen) atoms. The van der Waals surface area contributed by atoms with Gasteiger partial charge in [0.05, 0.1) is 0 Å². The zero-order valence-corrected chi connectivity index (χ0v) is 11.9. The Morgan fingerprint density at radius 2 is 1.29 bits per heavy atom. The van der Waals surface area contributed by atoms with Crippen molar-refractivity contribution in [3.63, 3.8) is 0 Å². The van der Waals surface area contributed by atoms with Crippen molar-refractivity contribution in [2.24, 2.45) is 0 Å². The maximum absolute atomic E-state index is 14.0. The Morgan fingerprint density at radius 3 is 1.67 bits per heavy atom. The van der Waals surface area contributed by atoms with Gasteiger partial charge in [-0.15, -0.1) is 0 Å². The fourth-order valence-electron chi connectivity index (χ4n) is 2.56. The van der Waals surface area contributed by atoms with Crippen LogP contribution in [-0.4, -0.2) is 53.6 Å². The molecule has 2 aliphatic rings. The molecule has 0 aromatic heterocycles. The van der Waals surface area contributed by atoms with Crippen molar-refractivity contribution in [3.05, 3.63) is 0 Å². The van der Waals surface area contributed by atoms with E-state index in [0.717, 1.165) is 0 Å². The first-order chi connectivity index (χ1) is 10.7. The number of carbonyl (C=O) groups excluding carboxylic acids is 1. The first kappa shape index (κ1) is 19.1. The maximum Gasteiger partial charge on any atom is 0.428 e. The predicted octanol–water partition coefficient (Wildman–Crippen LogP) is 3.58. The van der Waals surface area contributed by atoms with Crippen LogP contribution in [0.5, 0.6) is 0 Å². The fraction of sp³-hybridized carbons (Fsp3) is 0.917. The van der Waals surface area contributed by atoms with Crippen molar-refractivity contribution in [2.75, 3.05) is 13.1 Å². The molecular formula is C12H12F9NO2. The van der Waals surface area contributed by atoms with Crippen LogP contribution in [0, 0.1) is 0 Å². The average Bonchev–Trinajstić information content (AvgIpc) is 2.69. The Hall–Kier alpha value is -1.20. The number of nitrogens with zero attached hydrogens (tertiary/aromatic N) is 1. The number of hydrogen-bond acceptors (Lipinski definition) is 2. The van der Waals surface area contributed by atoms with Crippen LogP contribution in [-0.2, 0) is 9.53 Å². The molecule has 2 rings (SSSR count). The fourth-order valence-corrected chi connectivity index (χ4v) is 2.56. The number of amides is 1. The summed E-state index contributed by atoms with van der Waals surface area (Å²) in [5.74, 6) is -27.9. The lowest BCUT2D eigenvalue weighted by molar-refractivity contribution is -0.368. The number of likely N-dealkylation sites (tertiary alicyclic amines) is 1. The molecule has 0 spiro atoms. The van der Waals surface area contributed by atoms with Gasteiger partial charge in [0.15, 0.2) is 0 Å². The molecule has 0 unspecified atom stereocenters. The summed E-state index contributed by atoms with van der Waals surface area (Å²) < 4.78 is 123. The van der Waals surface area contributed by atoms with E-state index in [1.165, 1.54) is 0 Å². The summed E-state index contributed by atoms with van der Waals surface area (Å²) in [5, 5.41) is 0. The second-order valence-electron chi connectivity index (χ2n) is 5.64. The van der Waals surface area contributed by atoms with Gasteiger partial charge in [-0.3, -0.25) is 9.53 Å². The number of carbonyl (C=O) groups is 1. The molecule has 0 aromatic rings. The van der Waals surface area contributed by atoms with E-state index < -0.39 is 35.6 Å². The minimum absolute atomic E-state index is 0.185. The molecule has 2 heterocycles. The third kappa shape index (κ3) is 2.28. The van der Waals surface area contributed by atoms with Gasteiger partial charge >= 0.3 is 29.7 Å². The third-order valence-corrected chi connectivity index (χ3v) is 4.00. The maximum atomic E-state index is 14.0. The minimum Gasteiger partial charge on any atom is -0.337 e. The van der Waals surface area contributed by atoms with Gasteiger partial charge in [0, 0.05) is 13.1 Å². The lowest BCUT2D eigenvalue weighted by Gasteiger charge is -2.34. The molecule has 2 saturated heterocycles. The Bertz CT molecular complexity index is 517. The van der Waals surface area contributed by atoms with Crippen LogP contribution < -0.4 is 0 Å². The zero-order valence-electron chi connectivity index (χ0n) is 11.9. The number of ether oxygens (including phenoxy) is 1. The minimum atomic E-state index is -6.63. The van der Waals surface area contributed by atoms with Gasteiger partial charge in [-0.05, 0) is 12.8 Å². The van der Waals surface area contributed by atoms with Crippen LogP contribution in [0.4, 0.5) is 39.5 Å². The molecule has 12 heteroatoms. The lowest BCUT2D eigenvalue weighted by Crippen LogP contribution is -2.65. The van der Waals surface area contributed by atoms with E-state index >= 15 is 0 Å². The highest BCUT2D eigenvalue weighted by atomic mass is 19.4. The summed E-state index contributed by atoms with van der Waals surface area (Å²) in [7, 11) is 0. The zero-order chi connectivity index (χ0) is 18.6. The van der Waals surface area contributed by atoms with Crippen LogP contribution in [0.3, 0.4) is 0 Å². The second kappa shape index (κ2) is 5.40. The van der Waals surface area contributed by atoms with E-state index in [1.807, 2.05) is 0 Å². The first-order valence-electron chi connectivity index (χ1n) is 6.92. The third-order valence-electron chi connectivity index (χ3n) is 4.00. The molecule has 2 aliphatic heterocycles. The van der Waals surface area contributed by atoms with E-state index in [-0.39, 0.29) is 30.8 Å². The molecule has 0 saturated carbocycles. The van der Waals surface area contributed by atoms with Gasteiger partial charge in [-0.1, -0.05) is 12.8 Å². The van der Waals surface area contributed by atoms with Gasteiger partial charge in [-0.2, -0.15) is 39.5 Å². The molecule has 2 fully saturated rings. The molecular weight excluding hydrogens is 361 g/mol. The monoisotopic (exact) mass is 373 g/mol. The highest BCUT2D eigenvalue weighted by molar-refractivity contribution is 5.85. The lowest BCUT2D eigenvalue weighted by atomic mass is 9.99.